The highest BCUT2D eigenvalue weighted by atomic mass is 35.5. The number of hydrogen-bond acceptors (Lipinski definition) is 6. The summed E-state index contributed by atoms with van der Waals surface area (Å²) in [4.78, 5) is 23.1. The van der Waals surface area contributed by atoms with E-state index in [1.807, 2.05) is 55.5 Å². The van der Waals surface area contributed by atoms with Gasteiger partial charge in [-0.05, 0) is 36.1 Å². The molecule has 4 rings (SSSR count). The second-order valence-corrected chi connectivity index (χ2v) is 6.97. The van der Waals surface area contributed by atoms with Crippen LogP contribution in [0.4, 0.5) is 5.82 Å². The van der Waals surface area contributed by atoms with E-state index >= 15 is 0 Å². The summed E-state index contributed by atoms with van der Waals surface area (Å²) in [5, 5.41) is 1.97. The van der Waals surface area contributed by atoms with Crippen LogP contribution in [-0.4, -0.2) is 19.2 Å². The van der Waals surface area contributed by atoms with Crippen molar-refractivity contribution in [3.8, 4) is 5.69 Å². The molecule has 0 aliphatic rings. The number of para-hydroxylation sites is 1. The molecular formula is C20H18ClN5O2S. The fourth-order valence-electron chi connectivity index (χ4n) is 2.86. The van der Waals surface area contributed by atoms with Crippen LogP contribution in [0.5, 0.6) is 0 Å². The Bertz CT molecular complexity index is 1220. The van der Waals surface area contributed by atoms with Crippen LogP contribution in [-0.2, 0) is 6.42 Å². The number of aromatic nitrogens is 3. The van der Waals surface area contributed by atoms with Crippen LogP contribution in [0, 0.1) is 0 Å². The van der Waals surface area contributed by atoms with E-state index < -0.39 is 5.91 Å². The number of amides is 1. The summed E-state index contributed by atoms with van der Waals surface area (Å²) in [5.74, 6) is -0.534. The predicted octanol–water partition coefficient (Wildman–Crippen LogP) is 3.43. The SMILES string of the molecule is CCc1cc2cccc(Cl)c2c(=O)n1-c1ccccc1.NC(=O)c1nsnc1N. The monoisotopic (exact) mass is 427 g/mol. The maximum atomic E-state index is 12.8. The van der Waals surface area contributed by atoms with Crippen molar-refractivity contribution in [1.29, 1.82) is 0 Å². The van der Waals surface area contributed by atoms with E-state index in [1.165, 1.54) is 0 Å². The molecule has 0 bridgehead atoms. The summed E-state index contributed by atoms with van der Waals surface area (Å²) in [5.41, 5.74) is 11.9. The highest BCUT2D eigenvalue weighted by Crippen LogP contribution is 2.22. The lowest BCUT2D eigenvalue weighted by molar-refractivity contribution is 0.0997. The molecule has 0 aliphatic carbocycles. The van der Waals surface area contributed by atoms with E-state index in [2.05, 4.69) is 8.75 Å². The topological polar surface area (TPSA) is 117 Å². The number of rotatable bonds is 3. The summed E-state index contributed by atoms with van der Waals surface area (Å²) >= 11 is 7.07. The first-order chi connectivity index (χ1) is 13.9. The molecule has 0 saturated carbocycles. The van der Waals surface area contributed by atoms with Crippen LogP contribution in [0.3, 0.4) is 0 Å². The first-order valence-corrected chi connectivity index (χ1v) is 9.81. The number of hydrogen-bond donors (Lipinski definition) is 2. The summed E-state index contributed by atoms with van der Waals surface area (Å²) in [7, 11) is 0. The lowest BCUT2D eigenvalue weighted by atomic mass is 10.1. The molecule has 4 N–H and O–H groups in total. The van der Waals surface area contributed by atoms with Gasteiger partial charge in [-0.15, -0.1) is 0 Å². The van der Waals surface area contributed by atoms with Crippen LogP contribution in [0.15, 0.2) is 59.4 Å². The van der Waals surface area contributed by atoms with Crippen molar-refractivity contribution in [2.24, 2.45) is 5.73 Å². The first kappa shape index (κ1) is 20.5. The zero-order valence-electron chi connectivity index (χ0n) is 15.5. The first-order valence-electron chi connectivity index (χ1n) is 8.70. The number of benzene rings is 2. The Hall–Kier alpha value is -3.23. The molecule has 0 unspecified atom stereocenters. The Morgan fingerprint density at radius 1 is 1.14 bits per heavy atom. The average Bonchev–Trinajstić information content (AvgIpc) is 3.15. The molecule has 2 aromatic heterocycles. The number of nitrogens with two attached hydrogens (primary N) is 2. The standard InChI is InChI=1S/C17H14ClNO.C3H4N4OS/c1-2-13-11-12-7-6-10-15(18)16(12)17(20)19(13)14-8-4-3-5-9-14;4-2-1(3(5)8)6-9-7-2/h3-11H,2H2,1H3;(H2,4,7)(H2,5,8). The Labute approximate surface area is 175 Å². The van der Waals surface area contributed by atoms with Gasteiger partial charge in [0.05, 0.1) is 22.1 Å². The largest absolute Gasteiger partial charge is 0.381 e. The van der Waals surface area contributed by atoms with Gasteiger partial charge >= 0.3 is 0 Å². The fraction of sp³-hybridized carbons (Fsp3) is 0.100. The van der Waals surface area contributed by atoms with Crippen LogP contribution in [0.25, 0.3) is 16.5 Å². The Kier molecular flexibility index (Phi) is 6.26. The molecule has 4 aromatic rings. The molecule has 0 spiro atoms. The summed E-state index contributed by atoms with van der Waals surface area (Å²) in [6, 6.07) is 17.3. The van der Waals surface area contributed by atoms with E-state index in [9.17, 15) is 9.59 Å². The number of carbonyl (C=O) groups is 1. The number of anilines is 1. The maximum absolute atomic E-state index is 12.8. The summed E-state index contributed by atoms with van der Waals surface area (Å²) < 4.78 is 8.84. The minimum atomic E-state index is -0.638. The van der Waals surface area contributed by atoms with Gasteiger partial charge in [0.1, 0.15) is 0 Å². The zero-order valence-corrected chi connectivity index (χ0v) is 17.1. The van der Waals surface area contributed by atoms with Crippen molar-refractivity contribution in [1.82, 2.24) is 13.3 Å². The molecule has 148 valence electrons. The lowest BCUT2D eigenvalue weighted by Gasteiger charge is -2.14. The lowest BCUT2D eigenvalue weighted by Crippen LogP contribution is -2.22. The number of primary amides is 1. The minimum Gasteiger partial charge on any atom is -0.381 e. The van der Waals surface area contributed by atoms with E-state index in [0.29, 0.717) is 10.4 Å². The van der Waals surface area contributed by atoms with Crippen molar-refractivity contribution < 1.29 is 4.79 Å². The molecule has 29 heavy (non-hydrogen) atoms. The van der Waals surface area contributed by atoms with Crippen LogP contribution in [0.2, 0.25) is 5.02 Å². The van der Waals surface area contributed by atoms with E-state index in [0.717, 1.165) is 34.9 Å². The fourth-order valence-corrected chi connectivity index (χ4v) is 3.60. The van der Waals surface area contributed by atoms with Crippen molar-refractivity contribution in [3.05, 3.63) is 81.4 Å². The van der Waals surface area contributed by atoms with Gasteiger partial charge in [-0.3, -0.25) is 14.2 Å². The minimum absolute atomic E-state index is 0.0556. The van der Waals surface area contributed by atoms with E-state index in [-0.39, 0.29) is 17.1 Å². The van der Waals surface area contributed by atoms with Gasteiger partial charge in [-0.25, -0.2) is 0 Å². The molecular weight excluding hydrogens is 410 g/mol. The van der Waals surface area contributed by atoms with Crippen LogP contribution >= 0.6 is 23.3 Å². The molecule has 1 amide bonds. The van der Waals surface area contributed by atoms with Gasteiger partial charge in [-0.2, -0.15) is 8.75 Å². The number of halogens is 1. The number of nitrogens with zero attached hydrogens (tertiary/aromatic N) is 3. The maximum Gasteiger partial charge on any atom is 0.272 e. The van der Waals surface area contributed by atoms with Crippen molar-refractivity contribution in [2.75, 3.05) is 5.73 Å². The van der Waals surface area contributed by atoms with Gasteiger partial charge in [0.2, 0.25) is 0 Å². The highest BCUT2D eigenvalue weighted by Gasteiger charge is 2.12. The Morgan fingerprint density at radius 3 is 2.41 bits per heavy atom. The average molecular weight is 428 g/mol. The van der Waals surface area contributed by atoms with Crippen molar-refractivity contribution in [2.45, 2.75) is 13.3 Å². The number of pyridine rings is 1. The molecule has 0 aliphatic heterocycles. The number of nitrogen functional groups attached to an aromatic ring is 1. The molecule has 0 radical (unpaired) electrons. The van der Waals surface area contributed by atoms with Gasteiger partial charge < -0.3 is 11.5 Å². The van der Waals surface area contributed by atoms with Gasteiger partial charge in [0, 0.05) is 11.4 Å². The van der Waals surface area contributed by atoms with E-state index in [1.54, 1.807) is 10.6 Å². The number of aryl methyl sites for hydroxylation is 1. The Balaban J connectivity index is 0.000000224. The normalized spacial score (nSPS) is 10.4. The number of fused-ring (bicyclic) bond motifs is 1. The molecule has 9 heteroatoms. The third-order valence-corrected chi connectivity index (χ3v) is 5.05. The van der Waals surface area contributed by atoms with Gasteiger partial charge in [-0.1, -0.05) is 48.9 Å². The van der Waals surface area contributed by atoms with E-state index in [4.69, 9.17) is 23.1 Å². The predicted molar refractivity (Wildman–Crippen MR) is 117 cm³/mol. The molecule has 2 heterocycles. The molecule has 0 saturated heterocycles. The van der Waals surface area contributed by atoms with Gasteiger partial charge in [0.25, 0.3) is 11.5 Å². The number of carbonyl (C=O) groups excluding carboxylic acids is 1. The molecule has 7 nitrogen and oxygen atoms in total. The molecule has 2 aromatic carbocycles. The third-order valence-electron chi connectivity index (χ3n) is 4.20. The second kappa shape index (κ2) is 8.85. The van der Waals surface area contributed by atoms with Crippen LogP contribution < -0.4 is 17.0 Å². The molecule has 0 fully saturated rings. The highest BCUT2D eigenvalue weighted by molar-refractivity contribution is 6.99. The second-order valence-electron chi connectivity index (χ2n) is 6.03. The van der Waals surface area contributed by atoms with Crippen molar-refractivity contribution >= 4 is 45.8 Å². The smallest absolute Gasteiger partial charge is 0.272 e. The third kappa shape index (κ3) is 4.28. The summed E-state index contributed by atoms with van der Waals surface area (Å²) in [6.45, 7) is 2.05. The van der Waals surface area contributed by atoms with Gasteiger partial charge in [0.15, 0.2) is 11.5 Å². The quantitative estimate of drug-likeness (QED) is 0.519. The summed E-state index contributed by atoms with van der Waals surface area (Å²) in [6.07, 6.45) is 0.784. The zero-order chi connectivity index (χ0) is 21.0. The Morgan fingerprint density at radius 2 is 1.86 bits per heavy atom. The van der Waals surface area contributed by atoms with Crippen LogP contribution in [0.1, 0.15) is 23.1 Å². The molecule has 0 atom stereocenters. The van der Waals surface area contributed by atoms with Crippen molar-refractivity contribution in [3.63, 3.8) is 0 Å².